The van der Waals surface area contributed by atoms with E-state index in [1.807, 2.05) is 0 Å². The Morgan fingerprint density at radius 2 is 2.10 bits per heavy atom. The molecule has 0 radical (unpaired) electrons. The average Bonchev–Trinajstić information content (AvgIpc) is 2.94. The van der Waals surface area contributed by atoms with Crippen molar-refractivity contribution in [3.63, 3.8) is 0 Å². The number of hydrogen-bond donors (Lipinski definition) is 1. The summed E-state index contributed by atoms with van der Waals surface area (Å²) in [5, 5.41) is 0. The maximum absolute atomic E-state index is 12.2. The van der Waals surface area contributed by atoms with Crippen molar-refractivity contribution in [2.24, 2.45) is 10.7 Å². The molecule has 1 saturated heterocycles. The molecule has 7 heteroatoms. The van der Waals surface area contributed by atoms with E-state index in [0.717, 1.165) is 12.8 Å². The van der Waals surface area contributed by atoms with Crippen LogP contribution in [0.2, 0.25) is 0 Å². The number of benzene rings is 1. The lowest BCUT2D eigenvalue weighted by atomic mass is 10.1. The fraction of sp³-hybridized carbons (Fsp3) is 0.429. The molecule has 0 aromatic heterocycles. The summed E-state index contributed by atoms with van der Waals surface area (Å²) in [7, 11) is 0. The van der Waals surface area contributed by atoms with Crippen LogP contribution in [0.15, 0.2) is 17.1 Å². The molecular formula is C14H16ClN3O3. The highest BCUT2D eigenvalue weighted by Crippen LogP contribution is 2.43. The van der Waals surface area contributed by atoms with Gasteiger partial charge in [-0.2, -0.15) is 0 Å². The largest absolute Gasteiger partial charge is 0.454 e. The lowest BCUT2D eigenvalue weighted by Gasteiger charge is -2.28. The molecule has 2 aliphatic rings. The van der Waals surface area contributed by atoms with Crippen molar-refractivity contribution in [1.82, 2.24) is 0 Å². The molecule has 21 heavy (non-hydrogen) atoms. The fourth-order valence-electron chi connectivity index (χ4n) is 2.47. The number of alkyl halides is 1. The molecule has 0 spiro atoms. The molecule has 0 unspecified atom stereocenters. The van der Waals surface area contributed by atoms with Crippen molar-refractivity contribution in [3.8, 4) is 11.5 Å². The third kappa shape index (κ3) is 2.76. The number of amides is 1. The number of carbonyl (C=O) groups is 1. The van der Waals surface area contributed by atoms with Crippen LogP contribution in [-0.2, 0) is 4.79 Å². The van der Waals surface area contributed by atoms with Gasteiger partial charge in [0.05, 0.1) is 17.3 Å². The van der Waals surface area contributed by atoms with E-state index in [4.69, 9.17) is 26.8 Å². The predicted molar refractivity (Wildman–Crippen MR) is 80.8 cm³/mol. The van der Waals surface area contributed by atoms with E-state index < -0.39 is 0 Å². The van der Waals surface area contributed by atoms with Gasteiger partial charge in [-0.25, -0.2) is 4.99 Å². The van der Waals surface area contributed by atoms with Crippen molar-refractivity contribution in [1.29, 1.82) is 0 Å². The third-order valence-electron chi connectivity index (χ3n) is 3.48. The van der Waals surface area contributed by atoms with E-state index in [-0.39, 0.29) is 18.6 Å². The Kier molecular flexibility index (Phi) is 3.88. The number of halogens is 1. The Morgan fingerprint density at radius 1 is 1.33 bits per heavy atom. The van der Waals surface area contributed by atoms with E-state index in [9.17, 15) is 4.79 Å². The van der Waals surface area contributed by atoms with Gasteiger partial charge in [0.2, 0.25) is 12.7 Å². The molecule has 2 aliphatic heterocycles. The highest BCUT2D eigenvalue weighted by Gasteiger charge is 2.25. The molecule has 0 bridgehead atoms. The number of piperidine rings is 1. The van der Waals surface area contributed by atoms with Crippen molar-refractivity contribution >= 4 is 34.7 Å². The predicted octanol–water partition coefficient (Wildman–Crippen LogP) is 2.16. The van der Waals surface area contributed by atoms with E-state index in [1.54, 1.807) is 17.0 Å². The van der Waals surface area contributed by atoms with Crippen LogP contribution >= 0.6 is 11.6 Å². The number of nitrogens with zero attached hydrogens (tertiary/aromatic N) is 2. The van der Waals surface area contributed by atoms with Crippen LogP contribution in [0.1, 0.15) is 19.3 Å². The summed E-state index contributed by atoms with van der Waals surface area (Å²) in [5.41, 5.74) is 6.99. The summed E-state index contributed by atoms with van der Waals surface area (Å²) < 4.78 is 10.7. The monoisotopic (exact) mass is 309 g/mol. The van der Waals surface area contributed by atoms with Crippen LogP contribution in [0.5, 0.6) is 11.5 Å². The van der Waals surface area contributed by atoms with Gasteiger partial charge in [-0.05, 0) is 12.8 Å². The summed E-state index contributed by atoms with van der Waals surface area (Å²) in [4.78, 5) is 18.2. The Bertz CT molecular complexity index is 603. The van der Waals surface area contributed by atoms with Gasteiger partial charge in [0.25, 0.3) is 0 Å². The van der Waals surface area contributed by atoms with Gasteiger partial charge in [0.1, 0.15) is 5.84 Å². The van der Waals surface area contributed by atoms with Crippen molar-refractivity contribution in [2.45, 2.75) is 19.3 Å². The normalized spacial score (nSPS) is 18.2. The number of anilines is 1. The minimum Gasteiger partial charge on any atom is -0.454 e. The minimum absolute atomic E-state index is 0.0843. The van der Waals surface area contributed by atoms with Crippen LogP contribution < -0.4 is 20.1 Å². The standard InChI is InChI=1S/C14H16ClN3O3/c15-7-13(16)17-9-5-11-12(21-8-20-11)6-10(9)18-4-2-1-3-14(18)19/h5-6H,1-4,7-8H2,(H2,16,17). The molecule has 1 fully saturated rings. The zero-order valence-electron chi connectivity index (χ0n) is 11.5. The molecule has 6 nitrogen and oxygen atoms in total. The van der Waals surface area contributed by atoms with Crippen LogP contribution in [0.3, 0.4) is 0 Å². The number of aliphatic imine (C=N–C) groups is 1. The lowest BCUT2D eigenvalue weighted by Crippen LogP contribution is -2.35. The Hall–Kier alpha value is -1.95. The van der Waals surface area contributed by atoms with Gasteiger partial charge in [-0.15, -0.1) is 11.6 Å². The van der Waals surface area contributed by atoms with Gasteiger partial charge in [0, 0.05) is 25.1 Å². The molecule has 3 rings (SSSR count). The first-order valence-electron chi connectivity index (χ1n) is 6.82. The van der Waals surface area contributed by atoms with Crippen molar-refractivity contribution in [3.05, 3.63) is 12.1 Å². The maximum Gasteiger partial charge on any atom is 0.231 e. The van der Waals surface area contributed by atoms with E-state index >= 15 is 0 Å². The number of rotatable bonds is 3. The molecule has 0 aliphatic carbocycles. The third-order valence-corrected chi connectivity index (χ3v) is 3.76. The minimum atomic E-state index is 0.0843. The number of amidine groups is 1. The number of nitrogens with two attached hydrogens (primary N) is 1. The average molecular weight is 310 g/mol. The van der Waals surface area contributed by atoms with Crippen molar-refractivity contribution in [2.75, 3.05) is 24.1 Å². The van der Waals surface area contributed by atoms with Gasteiger partial charge in [0.15, 0.2) is 11.5 Å². The molecular weight excluding hydrogens is 294 g/mol. The highest BCUT2D eigenvalue weighted by atomic mass is 35.5. The second kappa shape index (κ2) is 5.81. The van der Waals surface area contributed by atoms with Gasteiger partial charge in [-0.1, -0.05) is 0 Å². The molecule has 1 aromatic rings. The number of fused-ring (bicyclic) bond motifs is 1. The summed E-state index contributed by atoms with van der Waals surface area (Å²) in [6.45, 7) is 0.836. The number of carbonyl (C=O) groups excluding carboxylic acids is 1. The summed E-state index contributed by atoms with van der Waals surface area (Å²) in [5.74, 6) is 1.72. The molecule has 1 amide bonds. The number of hydrogen-bond acceptors (Lipinski definition) is 4. The van der Waals surface area contributed by atoms with Gasteiger partial charge in [-0.3, -0.25) is 4.79 Å². The maximum atomic E-state index is 12.2. The first-order valence-corrected chi connectivity index (χ1v) is 7.35. The van der Waals surface area contributed by atoms with Gasteiger partial charge < -0.3 is 20.1 Å². The Morgan fingerprint density at radius 3 is 2.81 bits per heavy atom. The topological polar surface area (TPSA) is 77.2 Å². The molecule has 2 heterocycles. The van der Waals surface area contributed by atoms with E-state index in [0.29, 0.717) is 41.7 Å². The van der Waals surface area contributed by atoms with Crippen LogP contribution in [-0.4, -0.2) is 31.0 Å². The van der Waals surface area contributed by atoms with Gasteiger partial charge >= 0.3 is 0 Å². The van der Waals surface area contributed by atoms with E-state index in [1.165, 1.54) is 0 Å². The van der Waals surface area contributed by atoms with E-state index in [2.05, 4.69) is 4.99 Å². The second-order valence-corrected chi connectivity index (χ2v) is 5.20. The summed E-state index contributed by atoms with van der Waals surface area (Å²) >= 11 is 5.69. The smallest absolute Gasteiger partial charge is 0.231 e. The fourth-order valence-corrected chi connectivity index (χ4v) is 2.53. The Balaban J connectivity index is 2.06. The summed E-state index contributed by atoms with van der Waals surface area (Å²) in [6, 6.07) is 3.52. The van der Waals surface area contributed by atoms with Crippen LogP contribution in [0, 0.1) is 0 Å². The quantitative estimate of drug-likeness (QED) is 0.527. The van der Waals surface area contributed by atoms with Crippen molar-refractivity contribution < 1.29 is 14.3 Å². The highest BCUT2D eigenvalue weighted by molar-refractivity contribution is 6.28. The summed E-state index contributed by atoms with van der Waals surface area (Å²) in [6.07, 6.45) is 2.43. The zero-order valence-corrected chi connectivity index (χ0v) is 12.2. The first-order chi connectivity index (χ1) is 10.2. The molecule has 1 aromatic carbocycles. The first kappa shape index (κ1) is 14.0. The zero-order chi connectivity index (χ0) is 14.8. The molecule has 0 saturated carbocycles. The van der Waals surface area contributed by atoms with Crippen LogP contribution in [0.25, 0.3) is 0 Å². The van der Waals surface area contributed by atoms with Crippen LogP contribution in [0.4, 0.5) is 11.4 Å². The molecule has 0 atom stereocenters. The lowest BCUT2D eigenvalue weighted by molar-refractivity contribution is -0.119. The second-order valence-electron chi connectivity index (χ2n) is 4.93. The molecule has 112 valence electrons. The number of ether oxygens (including phenoxy) is 2. The SMILES string of the molecule is NC(CCl)=Nc1cc2c(cc1N1CCCCC1=O)OCO2. The molecule has 2 N–H and O–H groups in total. The Labute approximate surface area is 127 Å².